The predicted octanol–water partition coefficient (Wildman–Crippen LogP) is 3.58. The van der Waals surface area contributed by atoms with Crippen LogP contribution in [0.1, 0.15) is 31.0 Å². The lowest BCUT2D eigenvalue weighted by Gasteiger charge is -2.12. The fourth-order valence-electron chi connectivity index (χ4n) is 1.83. The first kappa shape index (κ1) is 13.5. The van der Waals surface area contributed by atoms with Gasteiger partial charge >= 0.3 is 0 Å². The van der Waals surface area contributed by atoms with Crippen LogP contribution in [0.3, 0.4) is 0 Å². The smallest absolute Gasteiger partial charge is 0.124 e. The number of hydrogen-bond donors (Lipinski definition) is 2. The van der Waals surface area contributed by atoms with Gasteiger partial charge in [0, 0.05) is 11.9 Å². The van der Waals surface area contributed by atoms with E-state index in [1.165, 1.54) is 5.56 Å². The topological polar surface area (TPSA) is 50.9 Å². The number of aromatic nitrogens is 1. The van der Waals surface area contributed by atoms with E-state index in [1.807, 2.05) is 24.3 Å². The molecule has 0 aliphatic carbocycles. The van der Waals surface area contributed by atoms with Crippen molar-refractivity contribution >= 4 is 28.6 Å². The second-order valence-corrected chi connectivity index (χ2v) is 5.11. The highest BCUT2D eigenvalue weighted by atomic mass is 32.1. The van der Waals surface area contributed by atoms with Gasteiger partial charge < -0.3 is 11.1 Å². The van der Waals surface area contributed by atoms with Crippen molar-refractivity contribution in [2.75, 3.05) is 5.32 Å². The lowest BCUT2D eigenvalue weighted by atomic mass is 10.0. The van der Waals surface area contributed by atoms with Crippen molar-refractivity contribution < 1.29 is 0 Å². The summed E-state index contributed by atoms with van der Waals surface area (Å²) in [6.07, 6.45) is 1.68. The van der Waals surface area contributed by atoms with Crippen LogP contribution < -0.4 is 11.1 Å². The van der Waals surface area contributed by atoms with Gasteiger partial charge in [-0.2, -0.15) is 0 Å². The molecular formula is C15H17N3S. The summed E-state index contributed by atoms with van der Waals surface area (Å²) in [6, 6.07) is 12.1. The third kappa shape index (κ3) is 3.29. The summed E-state index contributed by atoms with van der Waals surface area (Å²) in [5.74, 6) is 0.491. The van der Waals surface area contributed by atoms with E-state index in [0.29, 0.717) is 16.6 Å². The van der Waals surface area contributed by atoms with E-state index >= 15 is 0 Å². The van der Waals surface area contributed by atoms with Crippen LogP contribution in [-0.4, -0.2) is 9.97 Å². The molecule has 3 nitrogen and oxygen atoms in total. The van der Waals surface area contributed by atoms with E-state index in [1.54, 1.807) is 6.20 Å². The molecule has 0 unspecified atom stereocenters. The third-order valence-corrected chi connectivity index (χ3v) is 3.07. The SMILES string of the molecule is CC(C)c1cccc(Nc2cccnc2C(N)=S)c1. The zero-order valence-corrected chi connectivity index (χ0v) is 11.9. The molecule has 0 saturated heterocycles. The van der Waals surface area contributed by atoms with Gasteiger partial charge in [0.25, 0.3) is 0 Å². The molecular weight excluding hydrogens is 254 g/mol. The Morgan fingerprint density at radius 1 is 1.26 bits per heavy atom. The van der Waals surface area contributed by atoms with Gasteiger partial charge in [-0.3, -0.25) is 4.98 Å². The molecule has 0 amide bonds. The maximum absolute atomic E-state index is 5.68. The van der Waals surface area contributed by atoms with Crippen LogP contribution in [0.15, 0.2) is 42.6 Å². The van der Waals surface area contributed by atoms with E-state index in [-0.39, 0.29) is 0 Å². The monoisotopic (exact) mass is 271 g/mol. The van der Waals surface area contributed by atoms with Gasteiger partial charge in [-0.25, -0.2) is 0 Å². The second kappa shape index (κ2) is 5.80. The molecule has 0 saturated carbocycles. The second-order valence-electron chi connectivity index (χ2n) is 4.67. The van der Waals surface area contributed by atoms with Crippen molar-refractivity contribution in [3.63, 3.8) is 0 Å². The number of hydrogen-bond acceptors (Lipinski definition) is 3. The molecule has 1 aromatic carbocycles. The number of pyridine rings is 1. The fraction of sp³-hybridized carbons (Fsp3) is 0.200. The standard InChI is InChI=1S/C15H17N3S/c1-10(2)11-5-3-6-12(9-11)18-13-7-4-8-17-14(13)15(16)19/h3-10,18H,1-2H3,(H2,16,19). The number of nitrogens with one attached hydrogen (secondary N) is 1. The number of benzene rings is 1. The predicted molar refractivity (Wildman–Crippen MR) is 83.9 cm³/mol. The molecule has 19 heavy (non-hydrogen) atoms. The minimum Gasteiger partial charge on any atom is -0.388 e. The van der Waals surface area contributed by atoms with Crippen LogP contribution in [0.25, 0.3) is 0 Å². The number of nitrogens with zero attached hydrogens (tertiary/aromatic N) is 1. The number of anilines is 2. The van der Waals surface area contributed by atoms with Crippen LogP contribution >= 0.6 is 12.2 Å². The Hall–Kier alpha value is -1.94. The summed E-state index contributed by atoms with van der Waals surface area (Å²) < 4.78 is 0. The highest BCUT2D eigenvalue weighted by Gasteiger charge is 2.07. The minimum absolute atomic E-state index is 0.295. The molecule has 0 spiro atoms. The summed E-state index contributed by atoms with van der Waals surface area (Å²) in [7, 11) is 0. The van der Waals surface area contributed by atoms with Crippen LogP contribution in [0.4, 0.5) is 11.4 Å². The number of thiocarbonyl (C=S) groups is 1. The van der Waals surface area contributed by atoms with Crippen molar-refractivity contribution in [2.45, 2.75) is 19.8 Å². The van der Waals surface area contributed by atoms with Gasteiger partial charge in [0.1, 0.15) is 10.7 Å². The van der Waals surface area contributed by atoms with Crippen LogP contribution in [-0.2, 0) is 0 Å². The molecule has 0 atom stereocenters. The molecule has 3 N–H and O–H groups in total. The molecule has 2 aromatic rings. The third-order valence-electron chi connectivity index (χ3n) is 2.87. The normalized spacial score (nSPS) is 10.5. The van der Waals surface area contributed by atoms with E-state index in [9.17, 15) is 0 Å². The largest absolute Gasteiger partial charge is 0.388 e. The minimum atomic E-state index is 0.295. The Morgan fingerprint density at radius 2 is 2.05 bits per heavy atom. The van der Waals surface area contributed by atoms with Crippen molar-refractivity contribution in [2.24, 2.45) is 5.73 Å². The summed E-state index contributed by atoms with van der Waals surface area (Å²) in [4.78, 5) is 4.50. The Bertz CT molecular complexity index is 593. The lowest BCUT2D eigenvalue weighted by molar-refractivity contribution is 0.867. The quantitative estimate of drug-likeness (QED) is 0.834. The maximum atomic E-state index is 5.68. The van der Waals surface area contributed by atoms with Crippen LogP contribution in [0.2, 0.25) is 0 Å². The first-order valence-electron chi connectivity index (χ1n) is 6.19. The number of nitrogens with two attached hydrogens (primary N) is 1. The van der Waals surface area contributed by atoms with Gasteiger partial charge in [0.2, 0.25) is 0 Å². The van der Waals surface area contributed by atoms with Crippen molar-refractivity contribution in [3.05, 3.63) is 53.9 Å². The molecule has 0 radical (unpaired) electrons. The van der Waals surface area contributed by atoms with Crippen molar-refractivity contribution in [1.29, 1.82) is 0 Å². The highest BCUT2D eigenvalue weighted by molar-refractivity contribution is 7.80. The molecule has 0 aliphatic rings. The maximum Gasteiger partial charge on any atom is 0.124 e. The first-order chi connectivity index (χ1) is 9.08. The Kier molecular flexibility index (Phi) is 4.12. The molecule has 2 rings (SSSR count). The highest BCUT2D eigenvalue weighted by Crippen LogP contribution is 2.23. The summed E-state index contributed by atoms with van der Waals surface area (Å²) >= 11 is 5.01. The van der Waals surface area contributed by atoms with E-state index in [2.05, 4.69) is 36.3 Å². The summed E-state index contributed by atoms with van der Waals surface area (Å²) in [5, 5.41) is 3.32. The Labute approximate surface area is 118 Å². The molecule has 1 heterocycles. The number of rotatable bonds is 4. The molecule has 1 aromatic heterocycles. The van der Waals surface area contributed by atoms with Gasteiger partial charge in [-0.1, -0.05) is 38.2 Å². The zero-order chi connectivity index (χ0) is 13.8. The average molecular weight is 271 g/mol. The van der Waals surface area contributed by atoms with Crippen molar-refractivity contribution in [1.82, 2.24) is 4.98 Å². The Morgan fingerprint density at radius 3 is 2.74 bits per heavy atom. The molecule has 98 valence electrons. The van der Waals surface area contributed by atoms with Gasteiger partial charge in [-0.05, 0) is 35.7 Å². The molecule has 4 heteroatoms. The van der Waals surface area contributed by atoms with Gasteiger partial charge in [0.15, 0.2) is 0 Å². The van der Waals surface area contributed by atoms with Crippen molar-refractivity contribution in [3.8, 4) is 0 Å². The van der Waals surface area contributed by atoms with E-state index < -0.39 is 0 Å². The van der Waals surface area contributed by atoms with Gasteiger partial charge in [0.05, 0.1) is 5.69 Å². The van der Waals surface area contributed by atoms with Gasteiger partial charge in [-0.15, -0.1) is 0 Å². The van der Waals surface area contributed by atoms with Crippen LogP contribution in [0.5, 0.6) is 0 Å². The van der Waals surface area contributed by atoms with E-state index in [0.717, 1.165) is 11.4 Å². The molecule has 0 fully saturated rings. The zero-order valence-electron chi connectivity index (χ0n) is 11.1. The summed E-state index contributed by atoms with van der Waals surface area (Å²) in [5.41, 5.74) is 9.42. The Balaban J connectivity index is 2.31. The summed E-state index contributed by atoms with van der Waals surface area (Å²) in [6.45, 7) is 4.34. The van der Waals surface area contributed by atoms with Crippen LogP contribution in [0, 0.1) is 0 Å². The molecule has 0 bridgehead atoms. The van der Waals surface area contributed by atoms with E-state index in [4.69, 9.17) is 18.0 Å². The first-order valence-corrected chi connectivity index (χ1v) is 6.60. The molecule has 0 aliphatic heterocycles. The fourth-order valence-corrected chi connectivity index (χ4v) is 2.00. The lowest BCUT2D eigenvalue weighted by Crippen LogP contribution is -2.13. The average Bonchev–Trinajstić information content (AvgIpc) is 2.39.